The van der Waals surface area contributed by atoms with E-state index < -0.39 is 4.92 Å². The second kappa shape index (κ2) is 8.26. The SMILES string of the molecule is Cc1ccc([N+](=O)[O-])cc1NC(=O)CN1CCC[C@H](c2nc3ccccc3s2)C1. The maximum absolute atomic E-state index is 12.6. The van der Waals surface area contributed by atoms with Gasteiger partial charge in [0.1, 0.15) is 0 Å². The number of thiazole rings is 1. The number of fused-ring (bicyclic) bond motifs is 1. The van der Waals surface area contributed by atoms with Crippen molar-refractivity contribution < 1.29 is 9.72 Å². The van der Waals surface area contributed by atoms with Crippen molar-refractivity contribution in [2.24, 2.45) is 0 Å². The van der Waals surface area contributed by atoms with Crippen molar-refractivity contribution in [1.82, 2.24) is 9.88 Å². The van der Waals surface area contributed by atoms with E-state index in [9.17, 15) is 14.9 Å². The standard InChI is InChI=1S/C21H22N4O3S/c1-14-8-9-16(25(27)28)11-18(14)22-20(26)13-24-10-4-5-15(12-24)21-23-17-6-2-3-7-19(17)29-21/h2-3,6-9,11,15H,4-5,10,12-13H2,1H3,(H,22,26)/t15-/m0/s1. The predicted octanol–water partition coefficient (Wildman–Crippen LogP) is 4.33. The molecule has 1 saturated heterocycles. The number of benzene rings is 2. The Labute approximate surface area is 172 Å². The Morgan fingerprint density at radius 2 is 2.17 bits per heavy atom. The summed E-state index contributed by atoms with van der Waals surface area (Å²) in [4.78, 5) is 30.0. The van der Waals surface area contributed by atoms with Crippen LogP contribution in [0, 0.1) is 17.0 Å². The van der Waals surface area contributed by atoms with Crippen LogP contribution in [-0.2, 0) is 4.79 Å². The molecule has 1 atom stereocenters. The predicted molar refractivity (Wildman–Crippen MR) is 114 cm³/mol. The number of aryl methyl sites for hydroxylation is 1. The smallest absolute Gasteiger partial charge is 0.271 e. The topological polar surface area (TPSA) is 88.4 Å². The average Bonchev–Trinajstić information content (AvgIpc) is 3.14. The monoisotopic (exact) mass is 410 g/mol. The van der Waals surface area contributed by atoms with Crippen LogP contribution in [-0.4, -0.2) is 40.3 Å². The van der Waals surface area contributed by atoms with Crippen LogP contribution in [0.15, 0.2) is 42.5 Å². The highest BCUT2D eigenvalue weighted by molar-refractivity contribution is 7.18. The van der Waals surface area contributed by atoms with Crippen LogP contribution in [0.2, 0.25) is 0 Å². The van der Waals surface area contributed by atoms with Crippen molar-refractivity contribution in [1.29, 1.82) is 0 Å². The molecule has 1 aromatic heterocycles. The van der Waals surface area contributed by atoms with Gasteiger partial charge in [-0.05, 0) is 44.0 Å². The summed E-state index contributed by atoms with van der Waals surface area (Å²) >= 11 is 1.73. The van der Waals surface area contributed by atoms with Gasteiger partial charge in [-0.3, -0.25) is 19.8 Å². The first-order valence-electron chi connectivity index (χ1n) is 9.62. The summed E-state index contributed by atoms with van der Waals surface area (Å²) in [7, 11) is 0. The van der Waals surface area contributed by atoms with E-state index in [-0.39, 0.29) is 18.1 Å². The first-order chi connectivity index (χ1) is 14.0. The van der Waals surface area contributed by atoms with Crippen LogP contribution >= 0.6 is 11.3 Å². The number of likely N-dealkylation sites (tertiary alicyclic amines) is 1. The molecule has 29 heavy (non-hydrogen) atoms. The lowest BCUT2D eigenvalue weighted by molar-refractivity contribution is -0.384. The molecule has 1 aliphatic rings. The fraction of sp³-hybridized carbons (Fsp3) is 0.333. The highest BCUT2D eigenvalue weighted by atomic mass is 32.1. The van der Waals surface area contributed by atoms with Crippen molar-refractivity contribution >= 4 is 38.8 Å². The summed E-state index contributed by atoms with van der Waals surface area (Å²) in [6, 6.07) is 12.6. The number of hydrogen-bond donors (Lipinski definition) is 1. The molecule has 0 aliphatic carbocycles. The third-order valence-electron chi connectivity index (χ3n) is 5.24. The molecule has 2 heterocycles. The van der Waals surface area contributed by atoms with Gasteiger partial charge in [-0.1, -0.05) is 18.2 Å². The molecule has 3 aromatic rings. The second-order valence-corrected chi connectivity index (χ2v) is 8.46. The number of para-hydroxylation sites is 1. The lowest BCUT2D eigenvalue weighted by atomic mass is 9.99. The minimum absolute atomic E-state index is 0.0280. The fourth-order valence-corrected chi connectivity index (χ4v) is 4.81. The summed E-state index contributed by atoms with van der Waals surface area (Å²) in [6.45, 7) is 3.75. The quantitative estimate of drug-likeness (QED) is 0.500. The summed E-state index contributed by atoms with van der Waals surface area (Å²) in [5.41, 5.74) is 2.29. The first kappa shape index (κ1) is 19.5. The number of non-ortho nitro benzene ring substituents is 1. The van der Waals surface area contributed by atoms with E-state index in [2.05, 4.69) is 16.3 Å². The van der Waals surface area contributed by atoms with Gasteiger partial charge in [-0.25, -0.2) is 4.98 Å². The van der Waals surface area contributed by atoms with Gasteiger partial charge in [0.05, 0.1) is 32.4 Å². The zero-order valence-electron chi connectivity index (χ0n) is 16.1. The van der Waals surface area contributed by atoms with Gasteiger partial charge >= 0.3 is 0 Å². The number of nitro benzene ring substituents is 1. The number of anilines is 1. The number of carbonyl (C=O) groups is 1. The maximum atomic E-state index is 12.6. The lowest BCUT2D eigenvalue weighted by Gasteiger charge is -2.31. The molecular formula is C21H22N4O3S. The Morgan fingerprint density at radius 1 is 1.34 bits per heavy atom. The molecule has 8 heteroatoms. The fourth-order valence-electron chi connectivity index (χ4n) is 3.72. The molecule has 150 valence electrons. The molecule has 4 rings (SSSR count). The molecule has 0 saturated carbocycles. The number of nitrogens with one attached hydrogen (secondary N) is 1. The van der Waals surface area contributed by atoms with Gasteiger partial charge in [0.15, 0.2) is 0 Å². The average molecular weight is 410 g/mol. The maximum Gasteiger partial charge on any atom is 0.271 e. The number of carbonyl (C=O) groups excluding carboxylic acids is 1. The Balaban J connectivity index is 1.41. The lowest BCUT2D eigenvalue weighted by Crippen LogP contribution is -2.39. The van der Waals surface area contributed by atoms with Gasteiger partial charge in [0.2, 0.25) is 5.91 Å². The number of amides is 1. The van der Waals surface area contributed by atoms with E-state index >= 15 is 0 Å². The summed E-state index contributed by atoms with van der Waals surface area (Å²) < 4.78 is 1.19. The van der Waals surface area contributed by atoms with Gasteiger partial charge in [-0.2, -0.15) is 0 Å². The third kappa shape index (κ3) is 4.44. The minimum Gasteiger partial charge on any atom is -0.324 e. The van der Waals surface area contributed by atoms with Crippen LogP contribution in [0.1, 0.15) is 29.3 Å². The van der Waals surface area contributed by atoms with Gasteiger partial charge in [0.25, 0.3) is 5.69 Å². The van der Waals surface area contributed by atoms with Crippen molar-refractivity contribution in [2.45, 2.75) is 25.7 Å². The highest BCUT2D eigenvalue weighted by Gasteiger charge is 2.25. The van der Waals surface area contributed by atoms with Crippen LogP contribution in [0.5, 0.6) is 0 Å². The van der Waals surface area contributed by atoms with E-state index in [4.69, 9.17) is 4.98 Å². The number of piperidine rings is 1. The van der Waals surface area contributed by atoms with Crippen molar-refractivity contribution in [2.75, 3.05) is 25.0 Å². The molecule has 1 N–H and O–H groups in total. The number of rotatable bonds is 5. The third-order valence-corrected chi connectivity index (χ3v) is 6.44. The molecule has 0 bridgehead atoms. The number of hydrogen-bond acceptors (Lipinski definition) is 6. The summed E-state index contributed by atoms with van der Waals surface area (Å²) in [5, 5.41) is 14.9. The molecule has 1 fully saturated rings. The van der Waals surface area contributed by atoms with Crippen LogP contribution in [0.4, 0.5) is 11.4 Å². The summed E-state index contributed by atoms with van der Waals surface area (Å²) in [5.74, 6) is 0.173. The van der Waals surface area contributed by atoms with Crippen molar-refractivity contribution in [3.8, 4) is 0 Å². The zero-order chi connectivity index (χ0) is 20.4. The van der Waals surface area contributed by atoms with E-state index in [1.54, 1.807) is 17.4 Å². The minimum atomic E-state index is -0.456. The molecule has 1 amide bonds. The number of nitro groups is 1. The van der Waals surface area contributed by atoms with E-state index in [1.807, 2.05) is 25.1 Å². The highest BCUT2D eigenvalue weighted by Crippen LogP contribution is 2.33. The number of nitrogens with zero attached hydrogens (tertiary/aromatic N) is 3. The Hall–Kier alpha value is -2.84. The first-order valence-corrected chi connectivity index (χ1v) is 10.4. The summed E-state index contributed by atoms with van der Waals surface area (Å²) in [6.07, 6.45) is 2.09. The molecule has 1 aliphatic heterocycles. The second-order valence-electron chi connectivity index (χ2n) is 7.40. The van der Waals surface area contributed by atoms with Crippen molar-refractivity contribution in [3.05, 3.63) is 63.1 Å². The van der Waals surface area contributed by atoms with E-state index in [1.165, 1.54) is 16.8 Å². The zero-order valence-corrected chi connectivity index (χ0v) is 16.9. The van der Waals surface area contributed by atoms with Gasteiger partial charge in [-0.15, -0.1) is 11.3 Å². The van der Waals surface area contributed by atoms with Gasteiger partial charge in [0, 0.05) is 24.6 Å². The van der Waals surface area contributed by atoms with E-state index in [0.29, 0.717) is 11.6 Å². The van der Waals surface area contributed by atoms with E-state index in [0.717, 1.165) is 42.0 Å². The molecular weight excluding hydrogens is 388 g/mol. The molecule has 2 aromatic carbocycles. The molecule has 7 nitrogen and oxygen atoms in total. The van der Waals surface area contributed by atoms with Crippen LogP contribution in [0.3, 0.4) is 0 Å². The van der Waals surface area contributed by atoms with Gasteiger partial charge < -0.3 is 5.32 Å². The van der Waals surface area contributed by atoms with Crippen molar-refractivity contribution in [3.63, 3.8) is 0 Å². The Morgan fingerprint density at radius 3 is 2.97 bits per heavy atom. The molecule has 0 radical (unpaired) electrons. The van der Waals surface area contributed by atoms with Crippen LogP contribution in [0.25, 0.3) is 10.2 Å². The molecule has 0 unspecified atom stereocenters. The number of aromatic nitrogens is 1. The Kier molecular flexibility index (Phi) is 5.55. The normalized spacial score (nSPS) is 17.3. The largest absolute Gasteiger partial charge is 0.324 e. The Bertz CT molecular complexity index is 1030. The molecule has 0 spiro atoms. The van der Waals surface area contributed by atoms with Crippen LogP contribution < -0.4 is 5.32 Å².